The minimum Gasteiger partial charge on any atom is -0.455 e. The van der Waals surface area contributed by atoms with E-state index in [-0.39, 0.29) is 17.6 Å². The SMILES string of the molecule is CC(C)(C)OC(=O)C1=C(Cl)CC[C@@H]2[C@@H](N)C(=O)N12. The van der Waals surface area contributed by atoms with E-state index < -0.39 is 17.6 Å². The maximum Gasteiger partial charge on any atom is 0.356 e. The van der Waals surface area contributed by atoms with Gasteiger partial charge in [-0.05, 0) is 33.6 Å². The summed E-state index contributed by atoms with van der Waals surface area (Å²) in [5.41, 5.74) is 5.24. The first-order valence-corrected chi connectivity index (χ1v) is 6.31. The molecule has 1 amide bonds. The van der Waals surface area contributed by atoms with Crippen LogP contribution in [-0.2, 0) is 14.3 Å². The minimum atomic E-state index is -0.621. The molecule has 0 aromatic rings. The van der Waals surface area contributed by atoms with E-state index in [4.69, 9.17) is 22.1 Å². The Kier molecular flexibility index (Phi) is 3.15. The first kappa shape index (κ1) is 13.4. The largest absolute Gasteiger partial charge is 0.455 e. The van der Waals surface area contributed by atoms with Crippen molar-refractivity contribution in [2.45, 2.75) is 51.3 Å². The van der Waals surface area contributed by atoms with E-state index in [0.29, 0.717) is 17.9 Å². The van der Waals surface area contributed by atoms with Crippen molar-refractivity contribution in [2.75, 3.05) is 0 Å². The number of carbonyl (C=O) groups is 2. The third-order valence-corrected chi connectivity index (χ3v) is 3.39. The van der Waals surface area contributed by atoms with E-state index in [9.17, 15) is 9.59 Å². The average Bonchev–Trinajstić information content (AvgIpc) is 2.25. The average molecular weight is 273 g/mol. The Morgan fingerprint density at radius 2 is 2.11 bits per heavy atom. The van der Waals surface area contributed by atoms with E-state index in [1.165, 1.54) is 4.90 Å². The molecule has 0 saturated carbocycles. The lowest BCUT2D eigenvalue weighted by atomic mass is 9.87. The number of carbonyl (C=O) groups excluding carboxylic acids is 2. The first-order chi connectivity index (χ1) is 8.22. The summed E-state index contributed by atoms with van der Waals surface area (Å²) in [4.78, 5) is 25.2. The van der Waals surface area contributed by atoms with E-state index in [2.05, 4.69) is 0 Å². The molecule has 0 aliphatic carbocycles. The highest BCUT2D eigenvalue weighted by Gasteiger charge is 2.51. The zero-order valence-corrected chi connectivity index (χ0v) is 11.5. The van der Waals surface area contributed by atoms with Crippen LogP contribution in [0, 0.1) is 0 Å². The van der Waals surface area contributed by atoms with Gasteiger partial charge in [-0.2, -0.15) is 0 Å². The summed E-state index contributed by atoms with van der Waals surface area (Å²) in [6.07, 6.45) is 1.25. The monoisotopic (exact) mass is 272 g/mol. The lowest BCUT2D eigenvalue weighted by molar-refractivity contribution is -0.160. The van der Waals surface area contributed by atoms with Crippen LogP contribution in [0.3, 0.4) is 0 Å². The maximum absolute atomic E-state index is 12.1. The van der Waals surface area contributed by atoms with Gasteiger partial charge in [-0.15, -0.1) is 0 Å². The topological polar surface area (TPSA) is 72.6 Å². The summed E-state index contributed by atoms with van der Waals surface area (Å²) in [5.74, 6) is -0.823. The van der Waals surface area contributed by atoms with Gasteiger partial charge in [0.2, 0.25) is 5.91 Å². The highest BCUT2D eigenvalue weighted by molar-refractivity contribution is 6.32. The van der Waals surface area contributed by atoms with Gasteiger partial charge in [0.1, 0.15) is 17.3 Å². The van der Waals surface area contributed by atoms with E-state index >= 15 is 0 Å². The summed E-state index contributed by atoms with van der Waals surface area (Å²) >= 11 is 6.06. The predicted octanol–water partition coefficient (Wildman–Crippen LogP) is 1.11. The third-order valence-electron chi connectivity index (χ3n) is 3.02. The second-order valence-electron chi connectivity index (χ2n) is 5.60. The van der Waals surface area contributed by atoms with Gasteiger partial charge in [0.05, 0.1) is 6.04 Å². The van der Waals surface area contributed by atoms with Crippen LogP contribution in [-0.4, -0.2) is 34.5 Å². The van der Waals surface area contributed by atoms with Gasteiger partial charge in [0, 0.05) is 5.03 Å². The molecule has 0 aromatic heterocycles. The van der Waals surface area contributed by atoms with Crippen LogP contribution in [0.4, 0.5) is 0 Å². The Hall–Kier alpha value is -1.07. The molecule has 0 spiro atoms. The Balaban J connectivity index is 2.25. The second-order valence-corrected chi connectivity index (χ2v) is 6.05. The predicted molar refractivity (Wildman–Crippen MR) is 66.6 cm³/mol. The number of rotatable bonds is 1. The van der Waals surface area contributed by atoms with Crippen molar-refractivity contribution in [3.8, 4) is 0 Å². The van der Waals surface area contributed by atoms with Gasteiger partial charge in [-0.3, -0.25) is 9.69 Å². The summed E-state index contributed by atoms with van der Waals surface area (Å²) in [5, 5.41) is 0.376. The summed E-state index contributed by atoms with van der Waals surface area (Å²) < 4.78 is 5.27. The molecule has 0 radical (unpaired) electrons. The molecule has 2 rings (SSSR count). The van der Waals surface area contributed by atoms with Gasteiger partial charge < -0.3 is 10.5 Å². The van der Waals surface area contributed by atoms with Gasteiger partial charge >= 0.3 is 5.97 Å². The number of ether oxygens (including phenoxy) is 1. The van der Waals surface area contributed by atoms with Crippen LogP contribution in [0.2, 0.25) is 0 Å². The molecule has 0 aromatic carbocycles. The number of hydrogen-bond acceptors (Lipinski definition) is 4. The molecule has 6 heteroatoms. The van der Waals surface area contributed by atoms with Crippen molar-refractivity contribution >= 4 is 23.5 Å². The molecule has 0 unspecified atom stereocenters. The minimum absolute atomic E-state index is 0.123. The maximum atomic E-state index is 12.1. The zero-order chi connectivity index (χ0) is 13.7. The van der Waals surface area contributed by atoms with Crippen LogP contribution in [0.1, 0.15) is 33.6 Å². The molecule has 5 nitrogen and oxygen atoms in total. The molecule has 1 saturated heterocycles. The number of allylic oxidation sites excluding steroid dienone is 1. The van der Waals surface area contributed by atoms with Crippen molar-refractivity contribution in [1.82, 2.24) is 4.90 Å². The van der Waals surface area contributed by atoms with Gasteiger partial charge in [0.15, 0.2) is 0 Å². The van der Waals surface area contributed by atoms with Crippen molar-refractivity contribution in [3.63, 3.8) is 0 Å². The smallest absolute Gasteiger partial charge is 0.356 e. The summed E-state index contributed by atoms with van der Waals surface area (Å²) in [6, 6.07) is -0.644. The Morgan fingerprint density at radius 3 is 2.67 bits per heavy atom. The quantitative estimate of drug-likeness (QED) is 0.573. The number of nitrogens with two attached hydrogens (primary N) is 1. The molecule has 2 aliphatic rings. The molecule has 100 valence electrons. The Labute approximate surface area is 111 Å². The zero-order valence-electron chi connectivity index (χ0n) is 10.7. The molecule has 0 bridgehead atoms. The molecule has 2 aliphatic heterocycles. The fourth-order valence-electron chi connectivity index (χ4n) is 2.21. The molecule has 1 fully saturated rings. The lowest BCUT2D eigenvalue weighted by Gasteiger charge is -2.48. The molecule has 2 heterocycles. The van der Waals surface area contributed by atoms with Crippen molar-refractivity contribution in [2.24, 2.45) is 5.73 Å². The van der Waals surface area contributed by atoms with Crippen molar-refractivity contribution in [3.05, 3.63) is 10.7 Å². The van der Waals surface area contributed by atoms with Gasteiger partial charge in [-0.1, -0.05) is 11.6 Å². The van der Waals surface area contributed by atoms with Crippen molar-refractivity contribution < 1.29 is 14.3 Å². The third kappa shape index (κ3) is 2.12. The van der Waals surface area contributed by atoms with Gasteiger partial charge in [-0.25, -0.2) is 4.79 Å². The molecule has 2 atom stereocenters. The Morgan fingerprint density at radius 1 is 1.50 bits per heavy atom. The summed E-state index contributed by atoms with van der Waals surface area (Å²) in [7, 11) is 0. The van der Waals surface area contributed by atoms with E-state index in [1.54, 1.807) is 20.8 Å². The fourth-order valence-corrected chi connectivity index (χ4v) is 2.49. The van der Waals surface area contributed by atoms with Gasteiger partial charge in [0.25, 0.3) is 0 Å². The summed E-state index contributed by atoms with van der Waals surface area (Å²) in [6.45, 7) is 5.30. The normalized spacial score (nSPS) is 27.8. The molecular formula is C12H17ClN2O3. The molecule has 18 heavy (non-hydrogen) atoms. The number of halogens is 1. The standard InChI is InChI=1S/C12H17ClN2O3/c1-12(2,3)18-11(17)9-6(13)4-5-7-8(14)10(16)15(7)9/h7-8H,4-5,14H2,1-3H3/t7-,8-/m1/s1. The van der Waals surface area contributed by atoms with Crippen LogP contribution in [0.15, 0.2) is 10.7 Å². The number of fused-ring (bicyclic) bond motifs is 1. The second kappa shape index (κ2) is 4.24. The van der Waals surface area contributed by atoms with E-state index in [1.807, 2.05) is 0 Å². The Bertz CT molecular complexity index is 439. The van der Waals surface area contributed by atoms with Crippen LogP contribution < -0.4 is 5.73 Å². The lowest BCUT2D eigenvalue weighted by Crippen LogP contribution is -2.69. The van der Waals surface area contributed by atoms with Crippen LogP contribution in [0.5, 0.6) is 0 Å². The first-order valence-electron chi connectivity index (χ1n) is 5.93. The van der Waals surface area contributed by atoms with Crippen LogP contribution >= 0.6 is 11.6 Å². The fraction of sp³-hybridized carbons (Fsp3) is 0.667. The number of esters is 1. The molecular weight excluding hydrogens is 256 g/mol. The van der Waals surface area contributed by atoms with Crippen molar-refractivity contribution in [1.29, 1.82) is 0 Å². The van der Waals surface area contributed by atoms with E-state index in [0.717, 1.165) is 0 Å². The number of amides is 1. The molecule has 2 N–H and O–H groups in total. The number of hydrogen-bond donors (Lipinski definition) is 1. The highest BCUT2D eigenvalue weighted by Crippen LogP contribution is 2.38. The highest BCUT2D eigenvalue weighted by atomic mass is 35.5. The van der Waals surface area contributed by atoms with Crippen LogP contribution in [0.25, 0.3) is 0 Å². The number of nitrogens with zero attached hydrogens (tertiary/aromatic N) is 1. The number of β-lactam (4-membered cyclic amide) rings is 1.